The number of morpholine rings is 1. The summed E-state index contributed by atoms with van der Waals surface area (Å²) in [5.41, 5.74) is 8.81. The molecule has 2 aromatic carbocycles. The molecule has 2 heterocycles. The molecule has 6 nitrogen and oxygen atoms in total. The standard InChI is InChI=1S/C22H26N4O2/c23-21(17-4-2-1-3-5-17)22(27)24-19-6-7-20-18(16-19)8-9-26(20)11-10-25-12-14-28-15-13-25/h1-9,16,21H,10-15,23H2,(H,24,27). The third-order valence-electron chi connectivity index (χ3n) is 5.24. The monoisotopic (exact) mass is 378 g/mol. The number of rotatable bonds is 6. The highest BCUT2D eigenvalue weighted by atomic mass is 16.5. The minimum absolute atomic E-state index is 0.211. The molecule has 1 fully saturated rings. The summed E-state index contributed by atoms with van der Waals surface area (Å²) in [6.07, 6.45) is 2.10. The third-order valence-corrected chi connectivity index (χ3v) is 5.24. The van der Waals surface area contributed by atoms with E-state index in [1.54, 1.807) is 0 Å². The van der Waals surface area contributed by atoms with Gasteiger partial charge in [0.25, 0.3) is 0 Å². The highest BCUT2D eigenvalue weighted by Crippen LogP contribution is 2.22. The van der Waals surface area contributed by atoms with Crippen molar-refractivity contribution >= 4 is 22.5 Å². The molecule has 0 saturated carbocycles. The lowest BCUT2D eigenvalue weighted by Crippen LogP contribution is -2.38. The number of hydrogen-bond acceptors (Lipinski definition) is 4. The summed E-state index contributed by atoms with van der Waals surface area (Å²) in [5, 5.41) is 4.03. The van der Waals surface area contributed by atoms with Crippen LogP contribution in [0.25, 0.3) is 10.9 Å². The molecule has 1 aliphatic rings. The van der Waals surface area contributed by atoms with Crippen molar-refractivity contribution in [3.8, 4) is 0 Å². The molecular weight excluding hydrogens is 352 g/mol. The predicted molar refractivity (Wildman–Crippen MR) is 111 cm³/mol. The maximum absolute atomic E-state index is 12.5. The maximum Gasteiger partial charge on any atom is 0.245 e. The van der Waals surface area contributed by atoms with Crippen LogP contribution in [0.15, 0.2) is 60.8 Å². The molecule has 28 heavy (non-hydrogen) atoms. The molecular formula is C22H26N4O2. The van der Waals surface area contributed by atoms with Gasteiger partial charge < -0.3 is 20.4 Å². The van der Waals surface area contributed by atoms with E-state index in [9.17, 15) is 4.79 Å². The molecule has 1 amide bonds. The topological polar surface area (TPSA) is 72.5 Å². The fourth-order valence-corrected chi connectivity index (χ4v) is 3.58. The molecule has 3 N–H and O–H groups in total. The van der Waals surface area contributed by atoms with Gasteiger partial charge in [-0.1, -0.05) is 30.3 Å². The molecule has 1 unspecified atom stereocenters. The molecule has 0 radical (unpaired) electrons. The van der Waals surface area contributed by atoms with Crippen LogP contribution in [0.2, 0.25) is 0 Å². The number of ether oxygens (including phenoxy) is 1. The summed E-state index contributed by atoms with van der Waals surface area (Å²) >= 11 is 0. The fourth-order valence-electron chi connectivity index (χ4n) is 3.58. The van der Waals surface area contributed by atoms with Gasteiger partial charge in [-0.2, -0.15) is 0 Å². The van der Waals surface area contributed by atoms with E-state index in [0.717, 1.165) is 56.0 Å². The molecule has 0 aliphatic carbocycles. The average molecular weight is 378 g/mol. The second-order valence-electron chi connectivity index (χ2n) is 7.11. The normalized spacial score (nSPS) is 16.2. The van der Waals surface area contributed by atoms with Crippen LogP contribution in [0, 0.1) is 0 Å². The van der Waals surface area contributed by atoms with Crippen LogP contribution in [-0.4, -0.2) is 48.2 Å². The Hall–Kier alpha value is -2.67. The number of anilines is 1. The largest absolute Gasteiger partial charge is 0.379 e. The van der Waals surface area contributed by atoms with Gasteiger partial charge in [0.15, 0.2) is 0 Å². The van der Waals surface area contributed by atoms with E-state index in [1.165, 1.54) is 5.52 Å². The molecule has 1 atom stereocenters. The number of amides is 1. The summed E-state index contributed by atoms with van der Waals surface area (Å²) in [6.45, 7) is 5.58. The van der Waals surface area contributed by atoms with Crippen molar-refractivity contribution < 1.29 is 9.53 Å². The first-order valence-corrected chi connectivity index (χ1v) is 9.71. The first kappa shape index (κ1) is 18.7. The SMILES string of the molecule is NC(C(=O)Nc1ccc2c(ccn2CCN2CCOCC2)c1)c1ccccc1. The van der Waals surface area contributed by atoms with E-state index < -0.39 is 6.04 Å². The lowest BCUT2D eigenvalue weighted by molar-refractivity contribution is -0.117. The van der Waals surface area contributed by atoms with Gasteiger partial charge in [0.2, 0.25) is 5.91 Å². The van der Waals surface area contributed by atoms with Gasteiger partial charge in [-0.05, 0) is 29.8 Å². The molecule has 0 spiro atoms. The molecule has 4 rings (SSSR count). The van der Waals surface area contributed by atoms with Gasteiger partial charge in [0.1, 0.15) is 6.04 Å². The number of fused-ring (bicyclic) bond motifs is 1. The van der Waals surface area contributed by atoms with E-state index in [4.69, 9.17) is 10.5 Å². The summed E-state index contributed by atoms with van der Waals surface area (Å²) in [5.74, 6) is -0.211. The average Bonchev–Trinajstić information content (AvgIpc) is 3.15. The zero-order chi connectivity index (χ0) is 19.3. The maximum atomic E-state index is 12.5. The number of aromatic nitrogens is 1. The second kappa shape index (κ2) is 8.56. The van der Waals surface area contributed by atoms with Gasteiger partial charge in [0, 0.05) is 49.0 Å². The Morgan fingerprint density at radius 3 is 2.64 bits per heavy atom. The first-order chi connectivity index (χ1) is 13.7. The summed E-state index contributed by atoms with van der Waals surface area (Å²) in [6, 6.07) is 16.8. The predicted octanol–water partition coefficient (Wildman–Crippen LogP) is 2.61. The summed E-state index contributed by atoms with van der Waals surface area (Å²) < 4.78 is 7.66. The van der Waals surface area contributed by atoms with E-state index in [1.807, 2.05) is 42.5 Å². The van der Waals surface area contributed by atoms with Crippen molar-refractivity contribution in [3.63, 3.8) is 0 Å². The van der Waals surface area contributed by atoms with E-state index in [0.29, 0.717) is 0 Å². The quantitative estimate of drug-likeness (QED) is 0.692. The molecule has 1 aromatic heterocycles. The van der Waals surface area contributed by atoms with Crippen LogP contribution < -0.4 is 11.1 Å². The number of nitrogens with one attached hydrogen (secondary N) is 1. The van der Waals surface area contributed by atoms with Crippen LogP contribution in [0.3, 0.4) is 0 Å². The molecule has 6 heteroatoms. The third kappa shape index (κ3) is 4.25. The van der Waals surface area contributed by atoms with Crippen molar-refractivity contribution in [2.24, 2.45) is 5.73 Å². The van der Waals surface area contributed by atoms with Crippen LogP contribution in [0.5, 0.6) is 0 Å². The van der Waals surface area contributed by atoms with Crippen LogP contribution >= 0.6 is 0 Å². The minimum atomic E-state index is -0.685. The molecule has 3 aromatic rings. The van der Waals surface area contributed by atoms with Gasteiger partial charge in [0.05, 0.1) is 13.2 Å². The van der Waals surface area contributed by atoms with Crippen molar-refractivity contribution in [3.05, 3.63) is 66.4 Å². The van der Waals surface area contributed by atoms with E-state index >= 15 is 0 Å². The van der Waals surface area contributed by atoms with E-state index in [-0.39, 0.29) is 5.91 Å². The number of nitrogens with zero attached hydrogens (tertiary/aromatic N) is 2. The van der Waals surface area contributed by atoms with Crippen molar-refractivity contribution in [2.75, 3.05) is 38.2 Å². The zero-order valence-corrected chi connectivity index (χ0v) is 15.9. The van der Waals surface area contributed by atoms with Gasteiger partial charge in [-0.15, -0.1) is 0 Å². The first-order valence-electron chi connectivity index (χ1n) is 9.71. The number of nitrogens with two attached hydrogens (primary N) is 1. The Morgan fingerprint density at radius 2 is 1.86 bits per heavy atom. The van der Waals surface area contributed by atoms with Crippen LogP contribution in [0.1, 0.15) is 11.6 Å². The highest BCUT2D eigenvalue weighted by molar-refractivity contribution is 5.97. The summed E-state index contributed by atoms with van der Waals surface area (Å²) in [7, 11) is 0. The number of hydrogen-bond donors (Lipinski definition) is 2. The Kier molecular flexibility index (Phi) is 5.71. The van der Waals surface area contributed by atoms with Gasteiger partial charge in [-0.3, -0.25) is 9.69 Å². The van der Waals surface area contributed by atoms with Crippen LogP contribution in [0.4, 0.5) is 5.69 Å². The lowest BCUT2D eigenvalue weighted by Gasteiger charge is -2.26. The lowest BCUT2D eigenvalue weighted by atomic mass is 10.1. The number of carbonyl (C=O) groups excluding carboxylic acids is 1. The van der Waals surface area contributed by atoms with Crippen molar-refractivity contribution in [2.45, 2.75) is 12.6 Å². The van der Waals surface area contributed by atoms with Crippen LogP contribution in [-0.2, 0) is 16.1 Å². The van der Waals surface area contributed by atoms with Crippen molar-refractivity contribution in [1.29, 1.82) is 0 Å². The number of carbonyl (C=O) groups is 1. The van der Waals surface area contributed by atoms with Gasteiger partial charge >= 0.3 is 0 Å². The Morgan fingerprint density at radius 1 is 1.07 bits per heavy atom. The zero-order valence-electron chi connectivity index (χ0n) is 15.9. The number of benzene rings is 2. The highest BCUT2D eigenvalue weighted by Gasteiger charge is 2.16. The fraction of sp³-hybridized carbons (Fsp3) is 0.318. The van der Waals surface area contributed by atoms with E-state index in [2.05, 4.69) is 33.1 Å². The smallest absolute Gasteiger partial charge is 0.245 e. The van der Waals surface area contributed by atoms with Crippen molar-refractivity contribution in [1.82, 2.24) is 9.47 Å². The molecule has 0 bridgehead atoms. The molecule has 1 saturated heterocycles. The minimum Gasteiger partial charge on any atom is -0.379 e. The molecule has 146 valence electrons. The Labute approximate surface area is 164 Å². The Bertz CT molecular complexity index is 932. The van der Waals surface area contributed by atoms with Gasteiger partial charge in [-0.25, -0.2) is 0 Å². The Balaban J connectivity index is 1.41. The summed E-state index contributed by atoms with van der Waals surface area (Å²) in [4.78, 5) is 14.9. The molecule has 1 aliphatic heterocycles. The second-order valence-corrected chi connectivity index (χ2v) is 7.11.